The van der Waals surface area contributed by atoms with Crippen LogP contribution >= 0.6 is 23.1 Å². The fourth-order valence-electron chi connectivity index (χ4n) is 2.61. The van der Waals surface area contributed by atoms with Gasteiger partial charge in [-0.1, -0.05) is 79.4 Å². The molecule has 146 valence electrons. The number of carbonyl (C=O) groups excluding carboxylic acids is 1. The highest BCUT2D eigenvalue weighted by Gasteiger charge is 2.25. The predicted molar refractivity (Wildman–Crippen MR) is 117 cm³/mol. The summed E-state index contributed by atoms with van der Waals surface area (Å²) in [4.78, 5) is 14.3. The van der Waals surface area contributed by atoms with E-state index in [1.807, 2.05) is 42.5 Å². The molecule has 0 saturated carbocycles. The topological polar surface area (TPSA) is 58.1 Å². The molecule has 3 rings (SSSR count). The smallest absolute Gasteiger partial charge is 0.240 e. The van der Waals surface area contributed by atoms with E-state index in [0.717, 1.165) is 15.6 Å². The van der Waals surface area contributed by atoms with Gasteiger partial charge in [-0.05, 0) is 29.2 Å². The maximum atomic E-state index is 12.7. The predicted octanol–water partition coefficient (Wildman–Crippen LogP) is 5.33. The van der Waals surface area contributed by atoms with Gasteiger partial charge >= 0.3 is 0 Å². The molecule has 7 heteroatoms. The van der Waals surface area contributed by atoms with Crippen LogP contribution in [0.25, 0.3) is 0 Å². The summed E-state index contributed by atoms with van der Waals surface area (Å²) < 4.78 is 0.755. The number of aromatic nitrogens is 2. The van der Waals surface area contributed by atoms with E-state index < -0.39 is 0 Å². The second-order valence-corrected chi connectivity index (χ2v) is 9.25. The quantitative estimate of drug-likeness (QED) is 0.532. The Bertz CT molecular complexity index is 908. The molecule has 3 aromatic rings. The van der Waals surface area contributed by atoms with Crippen LogP contribution in [0.1, 0.15) is 36.1 Å². The molecule has 1 atom stereocenters. The third-order valence-electron chi connectivity index (χ3n) is 4.22. The molecule has 5 nitrogen and oxygen atoms in total. The number of anilines is 2. The van der Waals surface area contributed by atoms with Crippen LogP contribution in [0.4, 0.5) is 10.8 Å². The third-order valence-corrected chi connectivity index (χ3v) is 6.39. The van der Waals surface area contributed by atoms with Crippen molar-refractivity contribution in [1.82, 2.24) is 15.1 Å². The van der Waals surface area contributed by atoms with Crippen molar-refractivity contribution in [3.63, 3.8) is 0 Å². The van der Waals surface area contributed by atoms with Crippen LogP contribution in [-0.4, -0.2) is 35.1 Å². The zero-order chi connectivity index (χ0) is 20.1. The van der Waals surface area contributed by atoms with E-state index in [0.29, 0.717) is 11.0 Å². The highest BCUT2D eigenvalue weighted by atomic mass is 32.2. The Morgan fingerprint density at radius 3 is 2.29 bits per heavy atom. The van der Waals surface area contributed by atoms with Crippen LogP contribution in [0, 0.1) is 0 Å². The third kappa shape index (κ3) is 5.11. The average Bonchev–Trinajstić information content (AvgIpc) is 3.13. The van der Waals surface area contributed by atoms with Crippen LogP contribution in [0.5, 0.6) is 0 Å². The van der Waals surface area contributed by atoms with Crippen molar-refractivity contribution in [1.29, 1.82) is 0 Å². The minimum Gasteiger partial charge on any atom is -0.348 e. The molecule has 0 saturated heterocycles. The molecule has 28 heavy (non-hydrogen) atoms. The second kappa shape index (κ2) is 9.21. The van der Waals surface area contributed by atoms with Gasteiger partial charge in [0.05, 0.1) is 0 Å². The number of carbonyl (C=O) groups is 1. The summed E-state index contributed by atoms with van der Waals surface area (Å²) in [6.45, 7) is 4.35. The fraction of sp³-hybridized carbons (Fsp3) is 0.286. The minimum atomic E-state index is -0.345. The summed E-state index contributed by atoms with van der Waals surface area (Å²) in [7, 11) is 3.54. The molecular weight excluding hydrogens is 388 g/mol. The lowest BCUT2D eigenvalue weighted by atomic mass is 10.0. The summed E-state index contributed by atoms with van der Waals surface area (Å²) in [6, 6.07) is 18.1. The van der Waals surface area contributed by atoms with Crippen molar-refractivity contribution in [2.24, 2.45) is 0 Å². The summed E-state index contributed by atoms with van der Waals surface area (Å²) in [6.07, 6.45) is 0. The Morgan fingerprint density at radius 1 is 1.00 bits per heavy atom. The number of benzene rings is 2. The van der Waals surface area contributed by atoms with Gasteiger partial charge in [0.15, 0.2) is 4.34 Å². The van der Waals surface area contributed by atoms with Crippen molar-refractivity contribution in [2.75, 3.05) is 19.4 Å². The first-order chi connectivity index (χ1) is 13.4. The lowest BCUT2D eigenvalue weighted by molar-refractivity contribution is -0.128. The molecule has 0 aliphatic rings. The Labute approximate surface area is 174 Å². The number of hydrogen-bond donors (Lipinski definition) is 1. The van der Waals surface area contributed by atoms with Gasteiger partial charge in [0.2, 0.25) is 11.0 Å². The van der Waals surface area contributed by atoms with Gasteiger partial charge in [0, 0.05) is 19.8 Å². The van der Waals surface area contributed by atoms with Crippen LogP contribution in [0.3, 0.4) is 0 Å². The highest BCUT2D eigenvalue weighted by Crippen LogP contribution is 2.39. The van der Waals surface area contributed by atoms with Crippen molar-refractivity contribution >= 4 is 39.8 Å². The van der Waals surface area contributed by atoms with Gasteiger partial charge in [0.25, 0.3) is 0 Å². The summed E-state index contributed by atoms with van der Waals surface area (Å²) >= 11 is 2.88. The number of nitrogens with one attached hydrogen (secondary N) is 1. The molecule has 1 N–H and O–H groups in total. The first kappa shape index (κ1) is 20.4. The van der Waals surface area contributed by atoms with Gasteiger partial charge in [-0.15, -0.1) is 10.2 Å². The number of hydrogen-bond acceptors (Lipinski definition) is 6. The highest BCUT2D eigenvalue weighted by molar-refractivity contribution is 8.01. The van der Waals surface area contributed by atoms with E-state index in [1.54, 1.807) is 19.0 Å². The standard InChI is InChI=1S/C21H24N4OS2/c1-14(2)15-10-12-17(13-11-15)22-20-23-24-21(28-20)27-18(19(26)25(3)4)16-8-6-5-7-9-16/h5-14,18H,1-4H3,(H,22,23)/t18-/m1/s1. The van der Waals surface area contributed by atoms with Crippen LogP contribution < -0.4 is 5.32 Å². The number of likely N-dealkylation sites (N-methyl/N-ethyl adjacent to an activating group) is 1. The molecule has 0 aliphatic heterocycles. The Kier molecular flexibility index (Phi) is 6.70. The zero-order valence-electron chi connectivity index (χ0n) is 16.4. The lowest BCUT2D eigenvalue weighted by Crippen LogP contribution is -2.26. The lowest BCUT2D eigenvalue weighted by Gasteiger charge is -2.19. The fourth-order valence-corrected chi connectivity index (χ4v) is 4.72. The van der Waals surface area contributed by atoms with Crippen molar-refractivity contribution in [3.8, 4) is 0 Å². The summed E-state index contributed by atoms with van der Waals surface area (Å²) in [5.41, 5.74) is 3.23. The van der Waals surface area contributed by atoms with Crippen molar-refractivity contribution in [3.05, 3.63) is 65.7 Å². The first-order valence-corrected chi connectivity index (χ1v) is 10.8. The maximum Gasteiger partial charge on any atom is 0.240 e. The van der Waals surface area contributed by atoms with E-state index in [2.05, 4.69) is 41.5 Å². The molecule has 0 aliphatic carbocycles. The van der Waals surface area contributed by atoms with Crippen LogP contribution in [-0.2, 0) is 4.79 Å². The van der Waals surface area contributed by atoms with Gasteiger partial charge in [-0.2, -0.15) is 0 Å². The van der Waals surface area contributed by atoms with E-state index in [9.17, 15) is 4.79 Å². The summed E-state index contributed by atoms with van der Waals surface area (Å²) in [5.74, 6) is 0.535. The Hall–Kier alpha value is -2.38. The van der Waals surface area contributed by atoms with Crippen molar-refractivity contribution in [2.45, 2.75) is 29.4 Å². The first-order valence-electron chi connectivity index (χ1n) is 9.07. The molecule has 1 heterocycles. The number of nitrogens with zero attached hydrogens (tertiary/aromatic N) is 3. The molecule has 1 amide bonds. The molecular formula is C21H24N4OS2. The Balaban J connectivity index is 1.73. The van der Waals surface area contributed by atoms with E-state index in [4.69, 9.17) is 0 Å². The normalized spacial score (nSPS) is 12.0. The maximum absolute atomic E-state index is 12.7. The van der Waals surface area contributed by atoms with E-state index in [-0.39, 0.29) is 11.2 Å². The molecule has 0 fully saturated rings. The zero-order valence-corrected chi connectivity index (χ0v) is 18.1. The molecule has 0 unspecified atom stereocenters. The number of amides is 1. The average molecular weight is 413 g/mol. The van der Waals surface area contributed by atoms with E-state index >= 15 is 0 Å². The van der Waals surface area contributed by atoms with Gasteiger partial charge < -0.3 is 10.2 Å². The largest absolute Gasteiger partial charge is 0.348 e. The minimum absolute atomic E-state index is 0.0326. The van der Waals surface area contributed by atoms with Gasteiger partial charge in [-0.25, -0.2) is 0 Å². The molecule has 1 aromatic heterocycles. The molecule has 0 radical (unpaired) electrons. The number of rotatable bonds is 7. The second-order valence-electron chi connectivity index (χ2n) is 6.92. The Morgan fingerprint density at radius 2 is 1.68 bits per heavy atom. The molecule has 2 aromatic carbocycles. The van der Waals surface area contributed by atoms with Crippen LogP contribution in [0.2, 0.25) is 0 Å². The van der Waals surface area contributed by atoms with Crippen LogP contribution in [0.15, 0.2) is 58.9 Å². The van der Waals surface area contributed by atoms with Crippen molar-refractivity contribution < 1.29 is 4.79 Å². The molecule has 0 bridgehead atoms. The monoisotopic (exact) mass is 412 g/mol. The SMILES string of the molecule is CC(C)c1ccc(Nc2nnc(S[C@@H](C(=O)N(C)C)c3ccccc3)s2)cc1. The molecule has 0 spiro atoms. The van der Waals surface area contributed by atoms with E-state index in [1.165, 1.54) is 28.7 Å². The van der Waals surface area contributed by atoms with Gasteiger partial charge in [-0.3, -0.25) is 4.79 Å². The summed E-state index contributed by atoms with van der Waals surface area (Å²) in [5, 5.41) is 12.2. The van der Waals surface area contributed by atoms with Gasteiger partial charge in [0.1, 0.15) is 5.25 Å². The number of thioether (sulfide) groups is 1.